The van der Waals surface area contributed by atoms with Crippen molar-refractivity contribution in [1.29, 1.82) is 0 Å². The fourth-order valence-corrected chi connectivity index (χ4v) is 1.55. The SMILES string of the molecule is C=C1NCCC1CC(C)C. The molecule has 0 aliphatic carbocycles. The number of rotatable bonds is 2. The van der Waals surface area contributed by atoms with Crippen molar-refractivity contribution in [2.45, 2.75) is 26.7 Å². The van der Waals surface area contributed by atoms with Crippen LogP contribution in [-0.2, 0) is 0 Å². The predicted octanol–water partition coefficient (Wildman–Crippen LogP) is 2.16. The van der Waals surface area contributed by atoms with E-state index in [0.29, 0.717) is 0 Å². The summed E-state index contributed by atoms with van der Waals surface area (Å²) in [5.74, 6) is 1.56. The lowest BCUT2D eigenvalue weighted by Gasteiger charge is -2.11. The van der Waals surface area contributed by atoms with Crippen LogP contribution in [0.4, 0.5) is 0 Å². The summed E-state index contributed by atoms with van der Waals surface area (Å²) in [7, 11) is 0. The Hall–Kier alpha value is -0.460. The number of hydrogen-bond acceptors (Lipinski definition) is 1. The molecule has 0 radical (unpaired) electrons. The molecule has 0 spiro atoms. The van der Waals surface area contributed by atoms with Gasteiger partial charge in [-0.25, -0.2) is 0 Å². The van der Waals surface area contributed by atoms with E-state index >= 15 is 0 Å². The van der Waals surface area contributed by atoms with Crippen molar-refractivity contribution in [3.05, 3.63) is 12.3 Å². The summed E-state index contributed by atoms with van der Waals surface area (Å²) < 4.78 is 0. The molecular weight excluding hydrogens is 122 g/mol. The normalized spacial score (nSPS) is 25.5. The van der Waals surface area contributed by atoms with Crippen LogP contribution in [0.25, 0.3) is 0 Å². The van der Waals surface area contributed by atoms with Crippen LogP contribution in [0.1, 0.15) is 26.7 Å². The standard InChI is InChI=1S/C9H17N/c1-7(2)6-9-4-5-10-8(9)3/h7,9-10H,3-6H2,1-2H3. The molecule has 1 saturated heterocycles. The molecule has 10 heavy (non-hydrogen) atoms. The molecule has 0 aromatic carbocycles. The molecule has 0 aromatic heterocycles. The van der Waals surface area contributed by atoms with Gasteiger partial charge in [-0.1, -0.05) is 20.4 Å². The first kappa shape index (κ1) is 7.64. The van der Waals surface area contributed by atoms with E-state index in [4.69, 9.17) is 0 Å². The first-order chi connectivity index (χ1) is 4.70. The van der Waals surface area contributed by atoms with E-state index in [0.717, 1.165) is 18.4 Å². The maximum Gasteiger partial charge on any atom is 0.0150 e. The molecule has 1 N–H and O–H groups in total. The summed E-state index contributed by atoms with van der Waals surface area (Å²) in [5.41, 5.74) is 1.26. The fraction of sp³-hybridized carbons (Fsp3) is 0.778. The van der Waals surface area contributed by atoms with Crippen molar-refractivity contribution in [2.24, 2.45) is 11.8 Å². The second kappa shape index (κ2) is 3.09. The van der Waals surface area contributed by atoms with Crippen molar-refractivity contribution in [3.8, 4) is 0 Å². The van der Waals surface area contributed by atoms with Gasteiger partial charge in [0.2, 0.25) is 0 Å². The molecule has 1 nitrogen and oxygen atoms in total. The smallest absolute Gasteiger partial charge is 0.0150 e. The molecular formula is C9H17N. The van der Waals surface area contributed by atoms with E-state index in [-0.39, 0.29) is 0 Å². The lowest BCUT2D eigenvalue weighted by atomic mass is 9.95. The summed E-state index contributed by atoms with van der Waals surface area (Å²) in [6, 6.07) is 0. The zero-order valence-corrected chi connectivity index (χ0v) is 6.98. The van der Waals surface area contributed by atoms with Crippen LogP contribution in [-0.4, -0.2) is 6.54 Å². The zero-order valence-electron chi connectivity index (χ0n) is 6.98. The Labute approximate surface area is 63.5 Å². The van der Waals surface area contributed by atoms with Crippen molar-refractivity contribution in [3.63, 3.8) is 0 Å². The molecule has 1 rings (SSSR count). The number of nitrogens with one attached hydrogen (secondary N) is 1. The number of hydrogen-bond donors (Lipinski definition) is 1. The molecule has 1 heterocycles. The highest BCUT2D eigenvalue weighted by atomic mass is 14.9. The van der Waals surface area contributed by atoms with Crippen LogP contribution in [0, 0.1) is 11.8 Å². The van der Waals surface area contributed by atoms with E-state index in [1.54, 1.807) is 0 Å². The summed E-state index contributed by atoms with van der Waals surface area (Å²) in [6.07, 6.45) is 2.59. The largest absolute Gasteiger partial charge is 0.389 e. The van der Waals surface area contributed by atoms with Gasteiger partial charge >= 0.3 is 0 Å². The second-order valence-electron chi connectivity index (χ2n) is 3.57. The van der Waals surface area contributed by atoms with E-state index < -0.39 is 0 Å². The molecule has 0 bridgehead atoms. The van der Waals surface area contributed by atoms with E-state index in [9.17, 15) is 0 Å². The van der Waals surface area contributed by atoms with Crippen LogP contribution >= 0.6 is 0 Å². The highest BCUT2D eigenvalue weighted by Gasteiger charge is 2.18. The molecule has 1 aliphatic heterocycles. The van der Waals surface area contributed by atoms with Gasteiger partial charge < -0.3 is 5.32 Å². The van der Waals surface area contributed by atoms with Crippen LogP contribution in [0.2, 0.25) is 0 Å². The van der Waals surface area contributed by atoms with Gasteiger partial charge in [-0.15, -0.1) is 0 Å². The Morgan fingerprint density at radius 2 is 2.40 bits per heavy atom. The average molecular weight is 139 g/mol. The van der Waals surface area contributed by atoms with Crippen LogP contribution < -0.4 is 5.32 Å². The molecule has 1 aliphatic rings. The van der Waals surface area contributed by atoms with Crippen molar-refractivity contribution in [1.82, 2.24) is 5.32 Å². The van der Waals surface area contributed by atoms with E-state index in [1.165, 1.54) is 18.5 Å². The Balaban J connectivity index is 2.33. The minimum Gasteiger partial charge on any atom is -0.389 e. The minimum absolute atomic E-state index is 0.750. The van der Waals surface area contributed by atoms with Crippen LogP contribution in [0.15, 0.2) is 12.3 Å². The van der Waals surface area contributed by atoms with Crippen LogP contribution in [0.5, 0.6) is 0 Å². The first-order valence-electron chi connectivity index (χ1n) is 4.13. The van der Waals surface area contributed by atoms with Crippen LogP contribution in [0.3, 0.4) is 0 Å². The molecule has 0 amide bonds. The maximum absolute atomic E-state index is 3.98. The Kier molecular flexibility index (Phi) is 2.36. The molecule has 0 aromatic rings. The monoisotopic (exact) mass is 139 g/mol. The quantitative estimate of drug-likeness (QED) is 0.618. The molecule has 58 valence electrons. The molecule has 1 heteroatoms. The summed E-state index contributed by atoms with van der Waals surface area (Å²) >= 11 is 0. The van der Waals surface area contributed by atoms with Gasteiger partial charge in [0.1, 0.15) is 0 Å². The lowest BCUT2D eigenvalue weighted by molar-refractivity contribution is 0.470. The summed E-state index contributed by atoms with van der Waals surface area (Å²) in [4.78, 5) is 0. The molecule has 1 atom stereocenters. The number of allylic oxidation sites excluding steroid dienone is 1. The third kappa shape index (κ3) is 1.76. The Morgan fingerprint density at radius 3 is 2.80 bits per heavy atom. The molecule has 0 saturated carbocycles. The molecule has 1 unspecified atom stereocenters. The predicted molar refractivity (Wildman–Crippen MR) is 44.7 cm³/mol. The van der Waals surface area contributed by atoms with Crippen molar-refractivity contribution >= 4 is 0 Å². The Bertz CT molecular complexity index is 127. The third-order valence-electron chi connectivity index (χ3n) is 2.09. The average Bonchev–Trinajstić information content (AvgIpc) is 2.15. The second-order valence-corrected chi connectivity index (χ2v) is 3.57. The highest BCUT2D eigenvalue weighted by molar-refractivity contribution is 5.03. The van der Waals surface area contributed by atoms with E-state index in [2.05, 4.69) is 25.7 Å². The van der Waals surface area contributed by atoms with Crippen molar-refractivity contribution in [2.75, 3.05) is 6.54 Å². The van der Waals surface area contributed by atoms with Gasteiger partial charge in [-0.05, 0) is 24.7 Å². The molecule has 1 fully saturated rings. The first-order valence-corrected chi connectivity index (χ1v) is 4.13. The summed E-state index contributed by atoms with van der Waals surface area (Å²) in [6.45, 7) is 9.65. The van der Waals surface area contributed by atoms with Gasteiger partial charge in [0, 0.05) is 12.2 Å². The topological polar surface area (TPSA) is 12.0 Å². The fourth-order valence-electron chi connectivity index (χ4n) is 1.55. The third-order valence-corrected chi connectivity index (χ3v) is 2.09. The lowest BCUT2D eigenvalue weighted by Crippen LogP contribution is -2.06. The van der Waals surface area contributed by atoms with Gasteiger partial charge in [-0.3, -0.25) is 0 Å². The minimum atomic E-state index is 0.750. The summed E-state index contributed by atoms with van der Waals surface area (Å²) in [5, 5.41) is 3.28. The van der Waals surface area contributed by atoms with Crippen molar-refractivity contribution < 1.29 is 0 Å². The zero-order chi connectivity index (χ0) is 7.56. The van der Waals surface area contributed by atoms with Gasteiger partial charge in [0.15, 0.2) is 0 Å². The maximum atomic E-state index is 3.98. The van der Waals surface area contributed by atoms with Gasteiger partial charge in [0.25, 0.3) is 0 Å². The van der Waals surface area contributed by atoms with Gasteiger partial charge in [0.05, 0.1) is 0 Å². The Morgan fingerprint density at radius 1 is 1.70 bits per heavy atom. The van der Waals surface area contributed by atoms with E-state index in [1.807, 2.05) is 0 Å². The van der Waals surface area contributed by atoms with Gasteiger partial charge in [-0.2, -0.15) is 0 Å². The highest BCUT2D eigenvalue weighted by Crippen LogP contribution is 2.24.